The summed E-state index contributed by atoms with van der Waals surface area (Å²) in [6.07, 6.45) is 5.88. The predicted octanol–water partition coefficient (Wildman–Crippen LogP) is 3.67. The van der Waals surface area contributed by atoms with Crippen LogP contribution in [0.15, 0.2) is 41.9 Å². The number of hydrogen-bond donors (Lipinski definition) is 0. The second kappa shape index (κ2) is 5.48. The number of hydrogen-bond acceptors (Lipinski definition) is 4. The van der Waals surface area contributed by atoms with Crippen molar-refractivity contribution in [3.63, 3.8) is 0 Å². The molecule has 6 heteroatoms. The minimum atomic E-state index is 0.681. The molecule has 114 valence electrons. The van der Waals surface area contributed by atoms with Crippen LogP contribution in [0.5, 0.6) is 0 Å². The fourth-order valence-corrected chi connectivity index (χ4v) is 3.13. The Bertz CT molecular complexity index is 992. The summed E-state index contributed by atoms with van der Waals surface area (Å²) in [6, 6.07) is 10.1. The molecule has 0 radical (unpaired) electrons. The summed E-state index contributed by atoms with van der Waals surface area (Å²) in [6.45, 7) is 2.02. The second-order valence-corrected chi connectivity index (χ2v) is 6.26. The zero-order valence-corrected chi connectivity index (χ0v) is 13.7. The molecule has 4 aromatic heterocycles. The van der Waals surface area contributed by atoms with Gasteiger partial charge in [0.15, 0.2) is 11.5 Å². The van der Waals surface area contributed by atoms with Crippen molar-refractivity contribution in [2.45, 2.75) is 6.92 Å². The van der Waals surface area contributed by atoms with Gasteiger partial charge in [-0.1, -0.05) is 12.1 Å². The molecule has 5 nitrogen and oxygen atoms in total. The Hall–Kier alpha value is -2.73. The van der Waals surface area contributed by atoms with Gasteiger partial charge in [-0.25, -0.2) is 14.5 Å². The van der Waals surface area contributed by atoms with E-state index in [0.717, 1.165) is 22.9 Å². The van der Waals surface area contributed by atoms with Crippen molar-refractivity contribution in [1.29, 1.82) is 0 Å². The fourth-order valence-electron chi connectivity index (χ4n) is 2.45. The van der Waals surface area contributed by atoms with Crippen LogP contribution in [0.2, 0.25) is 0 Å². The lowest BCUT2D eigenvalue weighted by Gasteiger charge is -1.93. The van der Waals surface area contributed by atoms with E-state index in [1.54, 1.807) is 11.3 Å². The van der Waals surface area contributed by atoms with E-state index in [1.807, 2.05) is 65.7 Å². The Morgan fingerprint density at radius 1 is 1.09 bits per heavy atom. The molecular weight excluding hydrogens is 306 g/mol. The summed E-state index contributed by atoms with van der Waals surface area (Å²) in [4.78, 5) is 10.3. The minimum absolute atomic E-state index is 0.681. The first-order valence-corrected chi connectivity index (χ1v) is 8.16. The zero-order valence-electron chi connectivity index (χ0n) is 12.8. The van der Waals surface area contributed by atoms with Gasteiger partial charge in [0.05, 0.1) is 10.6 Å². The van der Waals surface area contributed by atoms with Gasteiger partial charge in [-0.15, -0.1) is 16.4 Å². The van der Waals surface area contributed by atoms with Crippen molar-refractivity contribution in [2.75, 3.05) is 0 Å². The smallest absolute Gasteiger partial charge is 0.175 e. The molecule has 4 aromatic rings. The average molecular weight is 321 g/mol. The van der Waals surface area contributed by atoms with E-state index in [2.05, 4.69) is 26.5 Å². The summed E-state index contributed by atoms with van der Waals surface area (Å²) in [7, 11) is 1.99. The maximum Gasteiger partial charge on any atom is 0.175 e. The lowest BCUT2D eigenvalue weighted by molar-refractivity contribution is 0.896. The molecule has 0 unspecified atom stereocenters. The third-order valence-corrected chi connectivity index (χ3v) is 4.53. The van der Waals surface area contributed by atoms with Crippen LogP contribution >= 0.6 is 11.3 Å². The monoisotopic (exact) mass is 321 g/mol. The summed E-state index contributed by atoms with van der Waals surface area (Å²) in [5.74, 6) is 1.56. The molecule has 0 aliphatic heterocycles. The largest absolute Gasteiger partial charge is 0.334 e. The molecule has 4 heterocycles. The molecule has 0 N–H and O–H groups in total. The Morgan fingerprint density at radius 3 is 2.78 bits per heavy atom. The van der Waals surface area contributed by atoms with Gasteiger partial charge < -0.3 is 4.57 Å². The SMILES string of the molecule is Cc1cccc2nc(/C=C/c3nc(-c4cccs4)cn3C)nn12. The maximum atomic E-state index is 4.66. The van der Waals surface area contributed by atoms with Gasteiger partial charge in [-0.3, -0.25) is 0 Å². The molecule has 0 saturated carbocycles. The molecule has 0 aromatic carbocycles. The maximum absolute atomic E-state index is 4.66. The first-order valence-electron chi connectivity index (χ1n) is 7.28. The zero-order chi connectivity index (χ0) is 15.8. The van der Waals surface area contributed by atoms with E-state index in [4.69, 9.17) is 0 Å². The summed E-state index contributed by atoms with van der Waals surface area (Å²) >= 11 is 1.69. The van der Waals surface area contributed by atoms with Gasteiger partial charge >= 0.3 is 0 Å². The molecular formula is C17H15N5S. The van der Waals surface area contributed by atoms with Gasteiger partial charge in [0.25, 0.3) is 0 Å². The highest BCUT2D eigenvalue weighted by molar-refractivity contribution is 7.13. The number of aromatic nitrogens is 5. The molecule has 0 fully saturated rings. The lowest BCUT2D eigenvalue weighted by Crippen LogP contribution is -1.92. The number of nitrogens with zero attached hydrogens (tertiary/aromatic N) is 5. The quantitative estimate of drug-likeness (QED) is 0.578. The Morgan fingerprint density at radius 2 is 2.00 bits per heavy atom. The van der Waals surface area contributed by atoms with Crippen LogP contribution in [0, 0.1) is 6.92 Å². The van der Waals surface area contributed by atoms with Gasteiger partial charge in [0.1, 0.15) is 5.82 Å². The highest BCUT2D eigenvalue weighted by Crippen LogP contribution is 2.23. The van der Waals surface area contributed by atoms with Gasteiger partial charge in [0.2, 0.25) is 0 Å². The van der Waals surface area contributed by atoms with Crippen LogP contribution in [0.3, 0.4) is 0 Å². The van der Waals surface area contributed by atoms with Crippen molar-refractivity contribution >= 4 is 29.1 Å². The fraction of sp³-hybridized carbons (Fsp3) is 0.118. The van der Waals surface area contributed by atoms with E-state index in [1.165, 1.54) is 4.88 Å². The van der Waals surface area contributed by atoms with Crippen molar-refractivity contribution in [3.8, 4) is 10.6 Å². The lowest BCUT2D eigenvalue weighted by atomic mass is 10.4. The second-order valence-electron chi connectivity index (χ2n) is 5.31. The van der Waals surface area contributed by atoms with Crippen LogP contribution in [0.4, 0.5) is 0 Å². The molecule has 0 bridgehead atoms. The van der Waals surface area contributed by atoms with Crippen molar-refractivity contribution in [2.24, 2.45) is 7.05 Å². The molecule has 0 aliphatic carbocycles. The number of rotatable bonds is 3. The van der Waals surface area contributed by atoms with Crippen LogP contribution in [-0.2, 0) is 7.05 Å². The topological polar surface area (TPSA) is 48.0 Å². The third kappa shape index (κ3) is 2.57. The molecule has 4 rings (SSSR count). The first kappa shape index (κ1) is 13.9. The first-order chi connectivity index (χ1) is 11.2. The number of aryl methyl sites for hydroxylation is 2. The van der Waals surface area contributed by atoms with E-state index < -0.39 is 0 Å². The predicted molar refractivity (Wildman–Crippen MR) is 93.2 cm³/mol. The Labute approximate surface area is 137 Å². The number of pyridine rings is 1. The molecule has 0 amide bonds. The van der Waals surface area contributed by atoms with E-state index in [0.29, 0.717) is 5.82 Å². The third-order valence-electron chi connectivity index (χ3n) is 3.63. The van der Waals surface area contributed by atoms with Crippen molar-refractivity contribution in [1.82, 2.24) is 24.1 Å². The summed E-state index contributed by atoms with van der Waals surface area (Å²) in [5, 5.41) is 6.56. The van der Waals surface area contributed by atoms with Crippen LogP contribution in [0.25, 0.3) is 28.4 Å². The van der Waals surface area contributed by atoms with Gasteiger partial charge in [0, 0.05) is 18.9 Å². The highest BCUT2D eigenvalue weighted by Gasteiger charge is 2.07. The number of thiophene rings is 1. The van der Waals surface area contributed by atoms with Gasteiger partial charge in [-0.05, 0) is 42.7 Å². The van der Waals surface area contributed by atoms with Crippen LogP contribution in [0.1, 0.15) is 17.3 Å². The molecule has 0 spiro atoms. The van der Waals surface area contributed by atoms with Gasteiger partial charge in [-0.2, -0.15) is 0 Å². The normalized spacial score (nSPS) is 11.7. The number of fused-ring (bicyclic) bond motifs is 1. The Kier molecular flexibility index (Phi) is 3.31. The molecule has 23 heavy (non-hydrogen) atoms. The van der Waals surface area contributed by atoms with Crippen LogP contribution in [-0.4, -0.2) is 24.1 Å². The standard InChI is InChI=1S/C17H15N5S/c1-12-5-3-7-17-19-15(20-22(12)17)8-9-16-18-13(11-21(16)2)14-6-4-10-23-14/h3-11H,1-2H3/b9-8+. The average Bonchev–Trinajstić information content (AvgIpc) is 3.24. The Balaban J connectivity index is 1.66. The molecule has 0 aliphatic rings. The summed E-state index contributed by atoms with van der Waals surface area (Å²) in [5.41, 5.74) is 2.90. The van der Waals surface area contributed by atoms with E-state index in [-0.39, 0.29) is 0 Å². The molecule has 0 saturated heterocycles. The van der Waals surface area contributed by atoms with Crippen molar-refractivity contribution in [3.05, 3.63) is 59.3 Å². The van der Waals surface area contributed by atoms with E-state index >= 15 is 0 Å². The minimum Gasteiger partial charge on any atom is -0.334 e. The van der Waals surface area contributed by atoms with Crippen LogP contribution < -0.4 is 0 Å². The highest BCUT2D eigenvalue weighted by atomic mass is 32.1. The van der Waals surface area contributed by atoms with Crippen molar-refractivity contribution < 1.29 is 0 Å². The molecule has 0 atom stereocenters. The summed E-state index contributed by atoms with van der Waals surface area (Å²) < 4.78 is 3.85. The number of imidazole rings is 1. The van der Waals surface area contributed by atoms with E-state index in [9.17, 15) is 0 Å².